The molecule has 98 valence electrons. The summed E-state index contributed by atoms with van der Waals surface area (Å²) >= 11 is 1.40. The predicted molar refractivity (Wildman–Crippen MR) is 55.9 cm³/mol. The Morgan fingerprint density at radius 1 is 0.625 bits per heavy atom. The van der Waals surface area contributed by atoms with Crippen molar-refractivity contribution in [1.82, 2.24) is 0 Å². The van der Waals surface area contributed by atoms with Crippen LogP contribution in [0, 0.1) is 0 Å². The van der Waals surface area contributed by atoms with Gasteiger partial charge in [-0.05, 0) is 44.1 Å². The summed E-state index contributed by atoms with van der Waals surface area (Å²) in [6.45, 7) is 0. The Kier molecular flexibility index (Phi) is 5.11. The van der Waals surface area contributed by atoms with Gasteiger partial charge in [0.1, 0.15) is 3.21 Å². The van der Waals surface area contributed by atoms with Gasteiger partial charge in [-0.15, -0.1) is 0 Å². The first-order valence-corrected chi connectivity index (χ1v) is 9.93. The Balaban J connectivity index is 5.53. The second kappa shape index (κ2) is 4.74. The van der Waals surface area contributed by atoms with Crippen LogP contribution in [0.1, 0.15) is 0 Å². The Hall–Kier alpha value is 1.26. The van der Waals surface area contributed by atoms with Crippen molar-refractivity contribution in [3.8, 4) is 0 Å². The van der Waals surface area contributed by atoms with E-state index in [1.54, 1.807) is 0 Å². The molecule has 0 bridgehead atoms. The van der Waals surface area contributed by atoms with Crippen LogP contribution in [-0.4, -0.2) is 23.7 Å². The van der Waals surface area contributed by atoms with E-state index in [1.807, 2.05) is 0 Å². The molecule has 0 aliphatic carbocycles. The molecule has 0 aromatic heterocycles. The Labute approximate surface area is 110 Å². The van der Waals surface area contributed by atoms with Crippen LogP contribution >= 0.6 is 47.3 Å². The average molecular weight is 504 g/mol. The molecule has 0 aliphatic heterocycles. The van der Waals surface area contributed by atoms with Gasteiger partial charge in [-0.1, -0.05) is 0 Å². The monoisotopic (exact) mass is 504 g/mol. The molecule has 0 saturated heterocycles. The minimum atomic E-state index is -6.78. The summed E-state index contributed by atoms with van der Waals surface area (Å²) < 4.78 is 106. The van der Waals surface area contributed by atoms with Crippen LogP contribution in [0.15, 0.2) is 0 Å². The van der Waals surface area contributed by atoms with Gasteiger partial charge in [-0.25, -0.2) is 0 Å². The Morgan fingerprint density at radius 2 is 0.938 bits per heavy atom. The molecule has 0 aromatic rings. The quantitative estimate of drug-likeness (QED) is 0.267. The lowest BCUT2D eigenvalue weighted by Crippen LogP contribution is -2.59. The molecular weight excluding hydrogens is 504 g/mol. The van der Waals surface area contributed by atoms with E-state index in [9.17, 15) is 39.5 Å². The first kappa shape index (κ1) is 17.3. The van der Waals surface area contributed by atoms with Gasteiger partial charge in [-0.2, -0.15) is 39.5 Å². The van der Waals surface area contributed by atoms with E-state index in [4.69, 9.17) is 0 Å². The molecule has 0 aliphatic rings. The highest BCUT2D eigenvalue weighted by molar-refractivity contribution is 14.3. The maximum atomic E-state index is 12.6. The van der Waals surface area contributed by atoms with Gasteiger partial charge in [0.25, 0.3) is 0 Å². The van der Waals surface area contributed by atoms with Crippen LogP contribution < -0.4 is 0 Å². The summed E-state index contributed by atoms with van der Waals surface area (Å²) in [7, 11) is 0. The molecule has 0 fully saturated rings. The third-order valence-corrected chi connectivity index (χ3v) is 5.68. The normalized spacial score (nSPS) is 15.8. The number of hydrogen-bond donors (Lipinski definition) is 0. The molecule has 0 saturated carbocycles. The highest BCUT2D eigenvalue weighted by atomic mass is 127. The van der Waals surface area contributed by atoms with Crippen LogP contribution in [0.3, 0.4) is 0 Å². The second-order valence-electron chi connectivity index (χ2n) is 2.42. The number of alkyl halides is 9. The highest BCUT2D eigenvalue weighted by Crippen LogP contribution is 2.72. The first-order valence-electron chi connectivity index (χ1n) is 3.01. The van der Waals surface area contributed by atoms with Gasteiger partial charge in [0.05, 0.1) is 0 Å². The first-order chi connectivity index (χ1) is 6.69. The van der Waals surface area contributed by atoms with Crippen molar-refractivity contribution in [3.63, 3.8) is 0 Å². The third-order valence-electron chi connectivity index (χ3n) is 1.34. The molecule has 0 heterocycles. The molecule has 0 N–H and O–H groups in total. The topological polar surface area (TPSA) is 0 Å². The van der Waals surface area contributed by atoms with Gasteiger partial charge in [0.2, 0.25) is 0 Å². The molecule has 0 amide bonds. The summed E-state index contributed by atoms with van der Waals surface area (Å²) in [5.41, 5.74) is -5.43. The maximum Gasteiger partial charge on any atom is 0.460 e. The molecule has 0 nitrogen and oxygen atoms in total. The summed E-state index contributed by atoms with van der Waals surface area (Å²) in [5, 5.41) is 0. The smallest absolute Gasteiger partial charge is 0.193 e. The van der Waals surface area contributed by atoms with Gasteiger partial charge in [-0.3, -0.25) is 0 Å². The average Bonchev–Trinajstić information content (AvgIpc) is 2.00. The maximum absolute atomic E-state index is 12.6. The zero-order chi connectivity index (χ0) is 13.6. The fourth-order valence-corrected chi connectivity index (χ4v) is 2.64. The van der Waals surface area contributed by atoms with E-state index in [2.05, 4.69) is 0 Å². The Morgan fingerprint density at radius 3 is 1.12 bits per heavy atom. The molecule has 0 spiro atoms. The van der Waals surface area contributed by atoms with Gasteiger partial charge in [0.15, 0.2) is 0 Å². The van der Waals surface area contributed by atoms with E-state index in [0.717, 1.165) is 0 Å². The lowest BCUT2D eigenvalue weighted by Gasteiger charge is -2.34. The third kappa shape index (κ3) is 2.64. The number of halogens is 11. The van der Waals surface area contributed by atoms with Crippen LogP contribution in [-0.2, 0) is 0 Å². The SMILES string of the molecule is FC(F)(F)C(F)(F)C(F)(F)C(F)(F)P(I)I. The van der Waals surface area contributed by atoms with Gasteiger partial charge in [0, 0.05) is 0 Å². The van der Waals surface area contributed by atoms with Crippen LogP contribution in [0.25, 0.3) is 0 Å². The number of hydrogen-bond acceptors (Lipinski definition) is 0. The molecule has 12 heteroatoms. The van der Waals surface area contributed by atoms with E-state index in [0.29, 0.717) is 44.1 Å². The van der Waals surface area contributed by atoms with Crippen molar-refractivity contribution in [2.24, 2.45) is 0 Å². The molecule has 0 atom stereocenters. The minimum absolute atomic E-state index is 0.699. The molecule has 0 unspecified atom stereocenters. The van der Waals surface area contributed by atoms with Crippen molar-refractivity contribution in [1.29, 1.82) is 0 Å². The predicted octanol–water partition coefficient (Wildman–Crippen LogP) is 5.59. The van der Waals surface area contributed by atoms with Crippen LogP contribution in [0.2, 0.25) is 0 Å². The molecule has 0 aromatic carbocycles. The lowest BCUT2D eigenvalue weighted by atomic mass is 10.1. The van der Waals surface area contributed by atoms with Crippen molar-refractivity contribution in [3.05, 3.63) is 0 Å². The minimum Gasteiger partial charge on any atom is -0.193 e. The van der Waals surface area contributed by atoms with Gasteiger partial charge < -0.3 is 0 Å². The number of rotatable bonds is 3. The van der Waals surface area contributed by atoms with Gasteiger partial charge >= 0.3 is 23.7 Å². The van der Waals surface area contributed by atoms with Crippen molar-refractivity contribution in [2.45, 2.75) is 23.7 Å². The molecular formula is C4F9I2P. The van der Waals surface area contributed by atoms with E-state index in [-0.39, 0.29) is 0 Å². The fraction of sp³-hybridized carbons (Fsp3) is 1.00. The summed E-state index contributed by atoms with van der Waals surface area (Å²) in [4.78, 5) is 0. The molecule has 16 heavy (non-hydrogen) atoms. The molecule has 0 radical (unpaired) electrons. The highest BCUT2D eigenvalue weighted by Gasteiger charge is 2.82. The molecule has 0 rings (SSSR count). The van der Waals surface area contributed by atoms with Crippen molar-refractivity contribution >= 4 is 47.3 Å². The van der Waals surface area contributed by atoms with Crippen molar-refractivity contribution < 1.29 is 39.5 Å². The van der Waals surface area contributed by atoms with E-state index < -0.39 is 26.9 Å². The summed E-state index contributed by atoms with van der Waals surface area (Å²) in [6, 6.07) is 0. The van der Waals surface area contributed by atoms with Crippen molar-refractivity contribution in [2.75, 3.05) is 0 Å². The summed E-state index contributed by atoms with van der Waals surface area (Å²) in [5.74, 6) is -13.3. The fourth-order valence-electron chi connectivity index (χ4n) is 0.473. The zero-order valence-corrected chi connectivity index (χ0v) is 11.8. The zero-order valence-electron chi connectivity index (χ0n) is 6.60. The standard InChI is InChI=1S/C4F9I2P/c5-1(6,3(9,10)11)2(7,8)4(12,13)16(14)15. The summed E-state index contributed by atoms with van der Waals surface area (Å²) in [6.07, 6.45) is -6.74. The Bertz CT molecular complexity index is 259. The van der Waals surface area contributed by atoms with Crippen LogP contribution in [0.4, 0.5) is 39.5 Å². The lowest BCUT2D eigenvalue weighted by molar-refractivity contribution is -0.381. The largest absolute Gasteiger partial charge is 0.460 e. The van der Waals surface area contributed by atoms with E-state index in [1.165, 1.54) is 0 Å². The van der Waals surface area contributed by atoms with Crippen LogP contribution in [0.5, 0.6) is 0 Å². The van der Waals surface area contributed by atoms with E-state index >= 15 is 0 Å². The second-order valence-corrected chi connectivity index (χ2v) is 14.8.